The summed E-state index contributed by atoms with van der Waals surface area (Å²) in [6.07, 6.45) is 1.11. The molecule has 0 saturated carbocycles. The molecule has 0 aromatic rings. The third kappa shape index (κ3) is 3.10. The summed E-state index contributed by atoms with van der Waals surface area (Å²) in [5, 5.41) is 8.91. The van der Waals surface area contributed by atoms with Crippen LogP contribution in [-0.2, 0) is 4.79 Å². The van der Waals surface area contributed by atoms with E-state index in [-0.39, 0.29) is 18.5 Å². The zero-order valence-corrected chi connectivity index (χ0v) is 11.5. The van der Waals surface area contributed by atoms with Crippen molar-refractivity contribution < 1.29 is 14.7 Å². The molecule has 5 nitrogen and oxygen atoms in total. The molecule has 1 N–H and O–H groups in total. The number of thioether (sulfide) groups is 1. The van der Waals surface area contributed by atoms with Crippen molar-refractivity contribution >= 4 is 23.8 Å². The number of hydrogen-bond donors (Lipinski definition) is 1. The van der Waals surface area contributed by atoms with Gasteiger partial charge in [0.05, 0.1) is 12.5 Å². The molecule has 0 spiro atoms. The standard InChI is InChI=1S/C12H20N2O3S/c1-9-2-3-13(7-9)12(17)14-4-5-18-8-10(14)6-11(15)16/h9-10H,2-8H2,1H3,(H,15,16). The van der Waals surface area contributed by atoms with E-state index in [1.807, 2.05) is 4.90 Å². The van der Waals surface area contributed by atoms with Crippen molar-refractivity contribution in [2.45, 2.75) is 25.8 Å². The van der Waals surface area contributed by atoms with E-state index in [1.165, 1.54) is 0 Å². The highest BCUT2D eigenvalue weighted by Crippen LogP contribution is 2.23. The molecule has 0 aliphatic carbocycles. The maximum Gasteiger partial charge on any atom is 0.320 e. The minimum atomic E-state index is -0.824. The normalized spacial score (nSPS) is 28.5. The molecule has 0 radical (unpaired) electrons. The van der Waals surface area contributed by atoms with Crippen molar-refractivity contribution in [3.63, 3.8) is 0 Å². The Morgan fingerprint density at radius 2 is 2.17 bits per heavy atom. The van der Waals surface area contributed by atoms with Crippen LogP contribution < -0.4 is 0 Å². The maximum absolute atomic E-state index is 12.4. The minimum Gasteiger partial charge on any atom is -0.481 e. The van der Waals surface area contributed by atoms with E-state index in [0.29, 0.717) is 12.5 Å². The molecule has 2 aliphatic rings. The fourth-order valence-electron chi connectivity index (χ4n) is 2.57. The van der Waals surface area contributed by atoms with Gasteiger partial charge >= 0.3 is 12.0 Å². The summed E-state index contributed by atoms with van der Waals surface area (Å²) in [5.74, 6) is 1.38. The fourth-order valence-corrected chi connectivity index (χ4v) is 3.63. The van der Waals surface area contributed by atoms with Gasteiger partial charge in [-0.2, -0.15) is 11.8 Å². The lowest BCUT2D eigenvalue weighted by Gasteiger charge is -2.37. The fraction of sp³-hybridized carbons (Fsp3) is 0.833. The van der Waals surface area contributed by atoms with E-state index < -0.39 is 5.97 Å². The molecule has 2 rings (SSSR count). The van der Waals surface area contributed by atoms with Crippen molar-refractivity contribution in [3.05, 3.63) is 0 Å². The van der Waals surface area contributed by atoms with Gasteiger partial charge in [-0.05, 0) is 12.3 Å². The van der Waals surface area contributed by atoms with Crippen molar-refractivity contribution in [2.75, 3.05) is 31.1 Å². The zero-order valence-electron chi connectivity index (χ0n) is 10.7. The van der Waals surface area contributed by atoms with Crippen LogP contribution >= 0.6 is 11.8 Å². The van der Waals surface area contributed by atoms with Crippen molar-refractivity contribution in [1.82, 2.24) is 9.80 Å². The molecule has 2 fully saturated rings. The van der Waals surface area contributed by atoms with E-state index in [9.17, 15) is 9.59 Å². The Labute approximate surface area is 112 Å². The van der Waals surface area contributed by atoms with Crippen LogP contribution in [0, 0.1) is 5.92 Å². The van der Waals surface area contributed by atoms with E-state index >= 15 is 0 Å². The highest BCUT2D eigenvalue weighted by molar-refractivity contribution is 7.99. The average molecular weight is 272 g/mol. The number of hydrogen-bond acceptors (Lipinski definition) is 3. The molecule has 2 amide bonds. The summed E-state index contributed by atoms with van der Waals surface area (Å²) in [5.41, 5.74) is 0. The topological polar surface area (TPSA) is 60.9 Å². The quantitative estimate of drug-likeness (QED) is 0.824. The smallest absolute Gasteiger partial charge is 0.320 e. The molecule has 0 aromatic heterocycles. The molecule has 102 valence electrons. The molecule has 0 bridgehead atoms. The van der Waals surface area contributed by atoms with Gasteiger partial charge in [-0.1, -0.05) is 6.92 Å². The second-order valence-corrected chi connectivity index (χ2v) is 6.29. The zero-order chi connectivity index (χ0) is 13.1. The predicted octanol–water partition coefficient (Wildman–Crippen LogP) is 1.34. The Bertz CT molecular complexity index is 337. The summed E-state index contributed by atoms with van der Waals surface area (Å²) in [6.45, 7) is 4.44. The van der Waals surface area contributed by atoms with Crippen molar-refractivity contribution in [2.24, 2.45) is 5.92 Å². The summed E-state index contributed by atoms with van der Waals surface area (Å²) in [6, 6.07) is -0.115. The number of carboxylic acids is 1. The maximum atomic E-state index is 12.4. The molecule has 2 aliphatic heterocycles. The van der Waals surface area contributed by atoms with Crippen LogP contribution in [-0.4, -0.2) is 64.1 Å². The lowest BCUT2D eigenvalue weighted by atomic mass is 10.2. The molecule has 2 atom stereocenters. The number of urea groups is 1. The second kappa shape index (κ2) is 5.82. The van der Waals surface area contributed by atoms with Crippen LogP contribution in [0.5, 0.6) is 0 Å². The number of rotatable bonds is 2. The molecular weight excluding hydrogens is 252 g/mol. The SMILES string of the molecule is CC1CCN(C(=O)N2CCSCC2CC(=O)O)C1. The first-order valence-corrected chi connectivity index (χ1v) is 7.58. The molecule has 0 aromatic carbocycles. The lowest BCUT2D eigenvalue weighted by molar-refractivity contribution is -0.138. The van der Waals surface area contributed by atoms with Crippen LogP contribution in [0.1, 0.15) is 19.8 Å². The number of aliphatic carboxylic acids is 1. The third-order valence-electron chi connectivity index (χ3n) is 3.58. The molecule has 6 heteroatoms. The number of carbonyl (C=O) groups is 2. The van der Waals surface area contributed by atoms with E-state index in [2.05, 4.69) is 6.92 Å². The van der Waals surface area contributed by atoms with Crippen molar-refractivity contribution in [3.8, 4) is 0 Å². The Balaban J connectivity index is 1.99. The third-order valence-corrected chi connectivity index (χ3v) is 4.67. The molecule has 18 heavy (non-hydrogen) atoms. The first-order chi connectivity index (χ1) is 8.58. The number of nitrogens with zero attached hydrogens (tertiary/aromatic N) is 2. The second-order valence-electron chi connectivity index (χ2n) is 5.14. The Hall–Kier alpha value is -0.910. The Kier molecular flexibility index (Phi) is 4.37. The van der Waals surface area contributed by atoms with Gasteiger partial charge in [0.25, 0.3) is 0 Å². The highest BCUT2D eigenvalue weighted by atomic mass is 32.2. The number of carbonyl (C=O) groups excluding carboxylic acids is 1. The van der Waals surface area contributed by atoms with Gasteiger partial charge in [0.1, 0.15) is 0 Å². The molecule has 2 saturated heterocycles. The van der Waals surface area contributed by atoms with Crippen LogP contribution in [0.25, 0.3) is 0 Å². The van der Waals surface area contributed by atoms with Crippen LogP contribution in [0.3, 0.4) is 0 Å². The van der Waals surface area contributed by atoms with E-state index in [0.717, 1.165) is 31.0 Å². The van der Waals surface area contributed by atoms with Gasteiger partial charge in [0, 0.05) is 31.1 Å². The van der Waals surface area contributed by atoms with Crippen LogP contribution in [0.2, 0.25) is 0 Å². The lowest BCUT2D eigenvalue weighted by Crippen LogP contribution is -2.52. The largest absolute Gasteiger partial charge is 0.481 e. The van der Waals surface area contributed by atoms with Gasteiger partial charge in [-0.25, -0.2) is 4.79 Å². The Morgan fingerprint density at radius 1 is 1.39 bits per heavy atom. The van der Waals surface area contributed by atoms with Crippen molar-refractivity contribution in [1.29, 1.82) is 0 Å². The van der Waals surface area contributed by atoms with Gasteiger partial charge in [0.2, 0.25) is 0 Å². The first-order valence-electron chi connectivity index (χ1n) is 6.43. The number of likely N-dealkylation sites (tertiary alicyclic amines) is 1. The Morgan fingerprint density at radius 3 is 2.78 bits per heavy atom. The molecule has 2 heterocycles. The molecular formula is C12H20N2O3S. The van der Waals surface area contributed by atoms with Gasteiger partial charge in [-0.3, -0.25) is 4.79 Å². The van der Waals surface area contributed by atoms with E-state index in [1.54, 1.807) is 16.7 Å². The number of carboxylic acid groups (broad SMARTS) is 1. The van der Waals surface area contributed by atoms with Gasteiger partial charge in [-0.15, -0.1) is 0 Å². The number of amides is 2. The minimum absolute atomic E-state index is 0.0332. The average Bonchev–Trinajstić information content (AvgIpc) is 2.75. The molecule has 2 unspecified atom stereocenters. The summed E-state index contributed by atoms with van der Waals surface area (Å²) in [4.78, 5) is 26.9. The summed E-state index contributed by atoms with van der Waals surface area (Å²) < 4.78 is 0. The highest BCUT2D eigenvalue weighted by Gasteiger charge is 2.33. The van der Waals surface area contributed by atoms with Crippen LogP contribution in [0.4, 0.5) is 4.79 Å². The first kappa shape index (κ1) is 13.5. The summed E-state index contributed by atoms with van der Waals surface area (Å²) in [7, 11) is 0. The monoisotopic (exact) mass is 272 g/mol. The van der Waals surface area contributed by atoms with E-state index in [4.69, 9.17) is 5.11 Å². The summed E-state index contributed by atoms with van der Waals surface area (Å²) >= 11 is 1.73. The van der Waals surface area contributed by atoms with Gasteiger partial charge < -0.3 is 14.9 Å². The van der Waals surface area contributed by atoms with Crippen LogP contribution in [0.15, 0.2) is 0 Å². The predicted molar refractivity (Wildman–Crippen MR) is 70.8 cm³/mol. The van der Waals surface area contributed by atoms with Gasteiger partial charge in [0.15, 0.2) is 0 Å².